The predicted molar refractivity (Wildman–Crippen MR) is 90.8 cm³/mol. The van der Waals surface area contributed by atoms with E-state index in [1.165, 1.54) is 4.40 Å². The number of likely N-dealkylation sites (tertiary alicyclic amines) is 1. The van der Waals surface area contributed by atoms with Crippen molar-refractivity contribution in [1.82, 2.24) is 14.3 Å². The number of pyridine rings is 1. The van der Waals surface area contributed by atoms with Gasteiger partial charge in [-0.15, -0.1) is 12.4 Å². The van der Waals surface area contributed by atoms with E-state index in [0.717, 1.165) is 25.2 Å². The number of hydrogen-bond donors (Lipinski definition) is 1. The van der Waals surface area contributed by atoms with E-state index in [-0.39, 0.29) is 24.0 Å². The summed E-state index contributed by atoms with van der Waals surface area (Å²) in [6.45, 7) is 4.73. The first-order valence-corrected chi connectivity index (χ1v) is 7.56. The molecule has 2 atom stereocenters. The van der Waals surface area contributed by atoms with Crippen LogP contribution in [0.2, 0.25) is 5.02 Å². The van der Waals surface area contributed by atoms with E-state index in [0.29, 0.717) is 23.1 Å². The van der Waals surface area contributed by atoms with Gasteiger partial charge in [0.05, 0.1) is 10.7 Å². The van der Waals surface area contributed by atoms with Gasteiger partial charge in [0, 0.05) is 31.4 Å². The summed E-state index contributed by atoms with van der Waals surface area (Å²) >= 11 is 5.91. The topological polar surface area (TPSA) is 63.6 Å². The Labute approximate surface area is 140 Å². The highest BCUT2D eigenvalue weighted by Crippen LogP contribution is 2.20. The zero-order chi connectivity index (χ0) is 15.0. The van der Waals surface area contributed by atoms with Gasteiger partial charge in [-0.25, -0.2) is 4.98 Å². The maximum Gasteiger partial charge on any atom is 0.258 e. The third-order valence-electron chi connectivity index (χ3n) is 4.11. The van der Waals surface area contributed by atoms with Crippen molar-refractivity contribution in [2.75, 3.05) is 13.1 Å². The molecule has 22 heavy (non-hydrogen) atoms. The van der Waals surface area contributed by atoms with Crippen molar-refractivity contribution >= 4 is 29.7 Å². The molecular weight excluding hydrogens is 323 g/mol. The fourth-order valence-electron chi connectivity index (χ4n) is 2.87. The second-order valence-corrected chi connectivity index (χ2v) is 6.24. The fraction of sp³-hybridized carbons (Fsp3) is 0.467. The minimum absolute atomic E-state index is 0. The molecule has 0 saturated carbocycles. The van der Waals surface area contributed by atoms with Crippen molar-refractivity contribution in [2.24, 2.45) is 11.7 Å². The van der Waals surface area contributed by atoms with Crippen molar-refractivity contribution in [1.29, 1.82) is 0 Å². The molecule has 1 aliphatic heterocycles. The zero-order valence-corrected chi connectivity index (χ0v) is 14.0. The third-order valence-corrected chi connectivity index (χ3v) is 4.34. The maximum absolute atomic E-state index is 12.1. The molecule has 120 valence electrons. The van der Waals surface area contributed by atoms with Crippen LogP contribution in [0.5, 0.6) is 0 Å². The zero-order valence-electron chi connectivity index (χ0n) is 12.4. The molecule has 3 heterocycles. The van der Waals surface area contributed by atoms with Gasteiger partial charge in [-0.05, 0) is 37.9 Å². The van der Waals surface area contributed by atoms with Gasteiger partial charge in [0.25, 0.3) is 5.56 Å². The van der Waals surface area contributed by atoms with Crippen molar-refractivity contribution < 1.29 is 0 Å². The van der Waals surface area contributed by atoms with E-state index in [4.69, 9.17) is 17.3 Å². The van der Waals surface area contributed by atoms with E-state index in [1.807, 2.05) is 0 Å². The van der Waals surface area contributed by atoms with Crippen molar-refractivity contribution in [3.05, 3.63) is 45.5 Å². The predicted octanol–water partition coefficient (Wildman–Crippen LogP) is 1.94. The van der Waals surface area contributed by atoms with E-state index in [9.17, 15) is 4.79 Å². The van der Waals surface area contributed by atoms with Gasteiger partial charge in [-0.2, -0.15) is 0 Å². The van der Waals surface area contributed by atoms with Crippen LogP contribution in [0, 0.1) is 5.92 Å². The molecule has 2 aromatic heterocycles. The average molecular weight is 343 g/mol. The molecule has 0 spiro atoms. The molecule has 0 radical (unpaired) electrons. The lowest BCUT2D eigenvalue weighted by atomic mass is 10.0. The van der Waals surface area contributed by atoms with E-state index in [1.54, 1.807) is 24.4 Å². The normalized spacial score (nSPS) is 20.0. The third kappa shape index (κ3) is 3.60. The second kappa shape index (κ2) is 6.96. The summed E-state index contributed by atoms with van der Waals surface area (Å²) in [5.41, 5.74) is 7.29. The number of rotatable bonds is 3. The Morgan fingerprint density at radius 2 is 2.27 bits per heavy atom. The second-order valence-electron chi connectivity index (χ2n) is 5.80. The monoisotopic (exact) mass is 342 g/mol. The Balaban J connectivity index is 0.00000176. The number of fused-ring (bicyclic) bond motifs is 1. The Morgan fingerprint density at radius 1 is 1.50 bits per heavy atom. The largest absolute Gasteiger partial charge is 0.328 e. The van der Waals surface area contributed by atoms with Crippen molar-refractivity contribution in [3.63, 3.8) is 0 Å². The molecule has 0 aromatic carbocycles. The molecule has 2 unspecified atom stereocenters. The molecule has 1 saturated heterocycles. The molecule has 5 nitrogen and oxygen atoms in total. The van der Waals surface area contributed by atoms with Crippen LogP contribution < -0.4 is 11.3 Å². The first-order valence-electron chi connectivity index (χ1n) is 7.19. The standard InChI is InChI=1S/C15H19ClN4O.ClH/c1-10(17)11-4-5-19(7-11)9-13-6-15(21)20-8-12(16)2-3-14(20)18-13;/h2-3,6,8,10-11H,4-5,7,9,17H2,1H3;1H. The highest BCUT2D eigenvalue weighted by Gasteiger charge is 2.25. The smallest absolute Gasteiger partial charge is 0.258 e. The number of halogens is 2. The minimum atomic E-state index is -0.0968. The van der Waals surface area contributed by atoms with Crippen LogP contribution in [0.1, 0.15) is 19.0 Å². The van der Waals surface area contributed by atoms with Crippen LogP contribution in [0.15, 0.2) is 29.2 Å². The van der Waals surface area contributed by atoms with E-state index >= 15 is 0 Å². The van der Waals surface area contributed by atoms with Gasteiger partial charge >= 0.3 is 0 Å². The molecule has 2 aromatic rings. The summed E-state index contributed by atoms with van der Waals surface area (Å²) in [5, 5.41) is 0.526. The summed E-state index contributed by atoms with van der Waals surface area (Å²) in [6, 6.07) is 5.31. The lowest BCUT2D eigenvalue weighted by molar-refractivity contribution is 0.305. The van der Waals surface area contributed by atoms with Gasteiger partial charge in [-0.1, -0.05) is 11.6 Å². The van der Waals surface area contributed by atoms with E-state index < -0.39 is 0 Å². The summed E-state index contributed by atoms with van der Waals surface area (Å²) in [4.78, 5) is 19.0. The summed E-state index contributed by atoms with van der Waals surface area (Å²) in [6.07, 6.45) is 2.71. The fourth-order valence-corrected chi connectivity index (χ4v) is 3.03. The Kier molecular flexibility index (Phi) is 5.45. The summed E-state index contributed by atoms with van der Waals surface area (Å²) < 4.78 is 1.47. The highest BCUT2D eigenvalue weighted by atomic mass is 35.5. The molecule has 0 aliphatic carbocycles. The Bertz CT molecular complexity index is 716. The molecule has 0 amide bonds. The molecular formula is C15H20Cl2N4O. The summed E-state index contributed by atoms with van der Waals surface area (Å²) in [5.74, 6) is 0.533. The van der Waals surface area contributed by atoms with E-state index in [2.05, 4.69) is 16.8 Å². The first kappa shape index (κ1) is 17.2. The Morgan fingerprint density at radius 3 is 2.95 bits per heavy atom. The van der Waals surface area contributed by atoms with Gasteiger partial charge in [-0.3, -0.25) is 14.1 Å². The average Bonchev–Trinajstić information content (AvgIpc) is 2.88. The quantitative estimate of drug-likeness (QED) is 0.925. The lowest BCUT2D eigenvalue weighted by Crippen LogP contribution is -2.30. The van der Waals surface area contributed by atoms with Crippen LogP contribution in [0.3, 0.4) is 0 Å². The van der Waals surface area contributed by atoms with Crippen LogP contribution >= 0.6 is 24.0 Å². The SMILES string of the molecule is CC(N)C1CCN(Cc2cc(=O)n3cc(Cl)ccc3n2)C1.Cl. The minimum Gasteiger partial charge on any atom is -0.328 e. The van der Waals surface area contributed by atoms with Crippen LogP contribution in [0.4, 0.5) is 0 Å². The van der Waals surface area contributed by atoms with Crippen molar-refractivity contribution in [3.8, 4) is 0 Å². The first-order chi connectivity index (χ1) is 10.0. The number of aromatic nitrogens is 2. The number of hydrogen-bond acceptors (Lipinski definition) is 4. The maximum atomic E-state index is 12.1. The molecule has 7 heteroatoms. The number of nitrogens with zero attached hydrogens (tertiary/aromatic N) is 3. The molecule has 0 bridgehead atoms. The van der Waals surface area contributed by atoms with Crippen molar-refractivity contribution in [2.45, 2.75) is 25.9 Å². The lowest BCUT2D eigenvalue weighted by Gasteiger charge is -2.17. The summed E-state index contributed by atoms with van der Waals surface area (Å²) in [7, 11) is 0. The molecule has 1 aliphatic rings. The molecule has 3 rings (SSSR count). The Hall–Kier alpha value is -1.14. The van der Waals surface area contributed by atoms with Gasteiger partial charge < -0.3 is 5.73 Å². The van der Waals surface area contributed by atoms with Gasteiger partial charge in [0.2, 0.25) is 0 Å². The van der Waals surface area contributed by atoms with Crippen LogP contribution in [-0.4, -0.2) is 33.4 Å². The molecule has 2 N–H and O–H groups in total. The number of nitrogens with two attached hydrogens (primary N) is 1. The van der Waals surface area contributed by atoms with Crippen LogP contribution in [-0.2, 0) is 6.54 Å². The van der Waals surface area contributed by atoms with Crippen LogP contribution in [0.25, 0.3) is 5.65 Å². The van der Waals surface area contributed by atoms with Gasteiger partial charge in [0.1, 0.15) is 5.65 Å². The van der Waals surface area contributed by atoms with Gasteiger partial charge in [0.15, 0.2) is 0 Å². The highest BCUT2D eigenvalue weighted by molar-refractivity contribution is 6.30. The molecule has 1 fully saturated rings.